The van der Waals surface area contributed by atoms with Crippen LogP contribution in [0.1, 0.15) is 0 Å². The molecule has 0 atom stereocenters. The Balaban J connectivity index is 1.94. The second-order valence-electron chi connectivity index (χ2n) is 4.81. The number of nitrogens with zero attached hydrogens (tertiary/aromatic N) is 5. The van der Waals surface area contributed by atoms with Crippen LogP contribution in [0.25, 0.3) is 16.9 Å². The van der Waals surface area contributed by atoms with Gasteiger partial charge in [0.2, 0.25) is 5.91 Å². The van der Waals surface area contributed by atoms with Crippen molar-refractivity contribution in [3.8, 4) is 5.69 Å². The molecule has 2 N–H and O–H groups in total. The second kappa shape index (κ2) is 6.28. The summed E-state index contributed by atoms with van der Waals surface area (Å²) in [6, 6.07) is 8.46. The molecule has 0 unspecified atom stereocenters. The number of rotatable bonds is 3. The fourth-order valence-electron chi connectivity index (χ4n) is 2.08. The normalized spacial score (nSPS) is 10.5. The molecule has 2 heterocycles. The Hall–Kier alpha value is -3.56. The van der Waals surface area contributed by atoms with Crippen LogP contribution in [-0.2, 0) is 11.3 Å². The number of aromatic nitrogens is 5. The van der Waals surface area contributed by atoms with Gasteiger partial charge in [-0.25, -0.2) is 9.78 Å². The molecule has 24 heavy (non-hydrogen) atoms. The molecule has 0 aliphatic rings. The van der Waals surface area contributed by atoms with E-state index in [4.69, 9.17) is 0 Å². The van der Waals surface area contributed by atoms with Gasteiger partial charge >= 0.3 is 6.03 Å². The van der Waals surface area contributed by atoms with Crippen molar-refractivity contribution in [1.82, 2.24) is 35.2 Å². The maximum atomic E-state index is 12.4. The van der Waals surface area contributed by atoms with E-state index < -0.39 is 17.5 Å². The number of imide groups is 1. The zero-order valence-electron chi connectivity index (χ0n) is 12.6. The van der Waals surface area contributed by atoms with Crippen molar-refractivity contribution in [2.75, 3.05) is 7.05 Å². The fourth-order valence-corrected chi connectivity index (χ4v) is 2.08. The Labute approximate surface area is 135 Å². The van der Waals surface area contributed by atoms with Crippen molar-refractivity contribution in [3.05, 3.63) is 47.0 Å². The Bertz CT molecular complexity index is 961. The van der Waals surface area contributed by atoms with Crippen LogP contribution in [-0.4, -0.2) is 43.5 Å². The summed E-state index contributed by atoms with van der Waals surface area (Å²) in [5, 5.41) is 12.1. The predicted octanol–water partition coefficient (Wildman–Crippen LogP) is -0.567. The average molecular weight is 327 g/mol. The average Bonchev–Trinajstić information content (AvgIpc) is 3.03. The number of urea groups is 1. The van der Waals surface area contributed by atoms with Gasteiger partial charge in [0.25, 0.3) is 5.56 Å². The maximum absolute atomic E-state index is 12.4. The fraction of sp³-hybridized carbons (Fsp3) is 0.143. The number of carbonyl (C=O) groups is 2. The molecule has 0 saturated heterocycles. The second-order valence-corrected chi connectivity index (χ2v) is 4.81. The van der Waals surface area contributed by atoms with Crippen LogP contribution in [0.15, 0.2) is 41.5 Å². The quantitative estimate of drug-likeness (QED) is 0.664. The monoisotopic (exact) mass is 327 g/mol. The van der Waals surface area contributed by atoms with E-state index in [1.165, 1.54) is 18.1 Å². The molecule has 3 aromatic rings. The summed E-state index contributed by atoms with van der Waals surface area (Å²) < 4.78 is 2.50. The highest BCUT2D eigenvalue weighted by Crippen LogP contribution is 2.10. The molecule has 0 bridgehead atoms. The van der Waals surface area contributed by atoms with E-state index in [0.29, 0.717) is 5.69 Å². The molecular weight excluding hydrogens is 314 g/mol. The number of para-hydroxylation sites is 1. The molecule has 0 spiro atoms. The minimum atomic E-state index is -0.655. The predicted molar refractivity (Wildman–Crippen MR) is 83.5 cm³/mol. The number of amides is 3. The SMILES string of the molecule is CNC(=O)NC(=O)Cn1cnc2c(nnn2-c2ccccc2)c1=O. The largest absolute Gasteiger partial charge is 0.341 e. The van der Waals surface area contributed by atoms with Crippen molar-refractivity contribution < 1.29 is 9.59 Å². The molecule has 0 saturated carbocycles. The van der Waals surface area contributed by atoms with E-state index in [1.54, 1.807) is 12.1 Å². The Morgan fingerprint density at radius 1 is 1.21 bits per heavy atom. The van der Waals surface area contributed by atoms with E-state index in [1.807, 2.05) is 18.2 Å². The Morgan fingerprint density at radius 3 is 2.67 bits per heavy atom. The van der Waals surface area contributed by atoms with Gasteiger partial charge in [-0.05, 0) is 12.1 Å². The van der Waals surface area contributed by atoms with Gasteiger partial charge in [-0.1, -0.05) is 23.4 Å². The number of benzene rings is 1. The molecular formula is C14H13N7O3. The summed E-state index contributed by atoms with van der Waals surface area (Å²) in [6.07, 6.45) is 1.22. The van der Waals surface area contributed by atoms with Crippen LogP contribution < -0.4 is 16.2 Å². The first-order valence-corrected chi connectivity index (χ1v) is 6.98. The van der Waals surface area contributed by atoms with Gasteiger partial charge < -0.3 is 5.32 Å². The number of fused-ring (bicyclic) bond motifs is 1. The first kappa shape index (κ1) is 15.3. The van der Waals surface area contributed by atoms with Gasteiger partial charge in [0, 0.05) is 7.05 Å². The highest BCUT2D eigenvalue weighted by atomic mass is 16.2. The summed E-state index contributed by atoms with van der Waals surface area (Å²) in [5.74, 6) is -0.645. The highest BCUT2D eigenvalue weighted by molar-refractivity contribution is 5.94. The Kier molecular flexibility index (Phi) is 4.01. The number of hydrogen-bond acceptors (Lipinski definition) is 6. The van der Waals surface area contributed by atoms with Crippen molar-refractivity contribution >= 4 is 23.1 Å². The molecule has 0 fully saturated rings. The van der Waals surface area contributed by atoms with Crippen LogP contribution in [0.5, 0.6) is 0 Å². The Morgan fingerprint density at radius 2 is 1.96 bits per heavy atom. The highest BCUT2D eigenvalue weighted by Gasteiger charge is 2.15. The zero-order valence-corrected chi connectivity index (χ0v) is 12.6. The topological polar surface area (TPSA) is 124 Å². The van der Waals surface area contributed by atoms with E-state index in [0.717, 1.165) is 4.57 Å². The van der Waals surface area contributed by atoms with E-state index in [2.05, 4.69) is 25.9 Å². The third kappa shape index (κ3) is 2.84. The molecule has 3 amide bonds. The van der Waals surface area contributed by atoms with Crippen LogP contribution in [0.2, 0.25) is 0 Å². The minimum Gasteiger partial charge on any atom is -0.341 e. The summed E-state index contributed by atoms with van der Waals surface area (Å²) in [4.78, 5) is 39.3. The molecule has 10 heteroatoms. The van der Waals surface area contributed by atoms with Crippen molar-refractivity contribution in [1.29, 1.82) is 0 Å². The van der Waals surface area contributed by atoms with Gasteiger partial charge in [-0.2, -0.15) is 4.68 Å². The smallest absolute Gasteiger partial charge is 0.321 e. The van der Waals surface area contributed by atoms with Crippen molar-refractivity contribution in [2.24, 2.45) is 0 Å². The summed E-state index contributed by atoms with van der Waals surface area (Å²) >= 11 is 0. The first-order valence-electron chi connectivity index (χ1n) is 6.98. The summed E-state index contributed by atoms with van der Waals surface area (Å²) in [6.45, 7) is -0.354. The molecule has 10 nitrogen and oxygen atoms in total. The number of carbonyl (C=O) groups excluding carboxylic acids is 2. The van der Waals surface area contributed by atoms with Crippen LogP contribution >= 0.6 is 0 Å². The maximum Gasteiger partial charge on any atom is 0.321 e. The lowest BCUT2D eigenvalue weighted by Gasteiger charge is -2.06. The summed E-state index contributed by atoms with van der Waals surface area (Å²) in [5.41, 5.74) is 0.513. The zero-order chi connectivity index (χ0) is 17.1. The van der Waals surface area contributed by atoms with Gasteiger partial charge in [0.05, 0.1) is 5.69 Å². The minimum absolute atomic E-state index is 0.0362. The number of nitrogens with one attached hydrogen (secondary N) is 2. The van der Waals surface area contributed by atoms with Gasteiger partial charge in [0.15, 0.2) is 11.2 Å². The molecule has 122 valence electrons. The standard InChI is InChI=1S/C14H13N7O3/c1-15-14(24)17-10(22)7-20-8-16-12-11(13(20)23)18-19-21(12)9-5-3-2-4-6-9/h2-6,8H,7H2,1H3,(H2,15,17,22,24). The van der Waals surface area contributed by atoms with Gasteiger partial charge in [-0.3, -0.25) is 19.5 Å². The summed E-state index contributed by atoms with van der Waals surface area (Å²) in [7, 11) is 1.38. The number of hydrogen-bond donors (Lipinski definition) is 2. The molecule has 2 aromatic heterocycles. The molecule has 0 aliphatic heterocycles. The molecule has 0 radical (unpaired) electrons. The van der Waals surface area contributed by atoms with Crippen LogP contribution in [0.4, 0.5) is 4.79 Å². The van der Waals surface area contributed by atoms with Crippen molar-refractivity contribution in [2.45, 2.75) is 6.54 Å². The van der Waals surface area contributed by atoms with Crippen LogP contribution in [0.3, 0.4) is 0 Å². The van der Waals surface area contributed by atoms with Gasteiger partial charge in [-0.15, -0.1) is 5.10 Å². The molecule has 3 rings (SSSR count). The first-order chi connectivity index (χ1) is 11.6. The van der Waals surface area contributed by atoms with Gasteiger partial charge in [0.1, 0.15) is 12.9 Å². The molecule has 0 aliphatic carbocycles. The lowest BCUT2D eigenvalue weighted by Crippen LogP contribution is -2.40. The lowest BCUT2D eigenvalue weighted by molar-refractivity contribution is -0.120. The van der Waals surface area contributed by atoms with E-state index in [9.17, 15) is 14.4 Å². The van der Waals surface area contributed by atoms with Crippen molar-refractivity contribution in [3.63, 3.8) is 0 Å². The van der Waals surface area contributed by atoms with E-state index in [-0.39, 0.29) is 17.7 Å². The van der Waals surface area contributed by atoms with Crippen LogP contribution in [0, 0.1) is 0 Å². The third-order valence-electron chi connectivity index (χ3n) is 3.22. The lowest BCUT2D eigenvalue weighted by atomic mass is 10.3. The third-order valence-corrected chi connectivity index (χ3v) is 3.22. The molecule has 1 aromatic carbocycles. The van der Waals surface area contributed by atoms with E-state index >= 15 is 0 Å².